The van der Waals surface area contributed by atoms with Gasteiger partial charge in [-0.3, -0.25) is 4.90 Å². The van der Waals surface area contributed by atoms with E-state index in [9.17, 15) is 9.59 Å². The Balaban J connectivity index is 0.000000411. The largest absolute Gasteiger partial charge is 0.465 e. The Morgan fingerprint density at radius 3 is 2.11 bits per heavy atom. The molecule has 0 aliphatic heterocycles. The van der Waals surface area contributed by atoms with E-state index in [-0.39, 0.29) is 0 Å². The summed E-state index contributed by atoms with van der Waals surface area (Å²) in [4.78, 5) is 21.5. The molecule has 0 fully saturated rings. The number of primary amides is 1. The van der Waals surface area contributed by atoms with Crippen molar-refractivity contribution < 1.29 is 19.4 Å². The van der Waals surface area contributed by atoms with Gasteiger partial charge in [-0.15, -0.1) is 0 Å². The summed E-state index contributed by atoms with van der Waals surface area (Å²) in [6, 6.07) is 9.05. The van der Waals surface area contributed by atoms with E-state index in [1.807, 2.05) is 18.2 Å². The van der Waals surface area contributed by atoms with Crippen molar-refractivity contribution in [1.29, 1.82) is 0 Å². The highest BCUT2D eigenvalue weighted by Crippen LogP contribution is 2.12. The van der Waals surface area contributed by atoms with E-state index < -0.39 is 12.2 Å². The lowest BCUT2D eigenvalue weighted by molar-refractivity contribution is 0.163. The minimum absolute atomic E-state index is 0.356. The predicted octanol–water partition coefficient (Wildman–Crippen LogP) is 2.29. The van der Waals surface area contributed by atoms with Crippen molar-refractivity contribution in [2.75, 3.05) is 18.1 Å². The Kier molecular flexibility index (Phi) is 7.76. The molecule has 0 aliphatic carbocycles. The van der Waals surface area contributed by atoms with Gasteiger partial charge in [0.15, 0.2) is 0 Å². The number of benzene rings is 1. The van der Waals surface area contributed by atoms with E-state index in [4.69, 9.17) is 5.11 Å². The maximum absolute atomic E-state index is 10.7. The van der Waals surface area contributed by atoms with Gasteiger partial charge in [0, 0.05) is 12.2 Å². The SMILES string of the molecule is CCN(C(=O)O)c1ccccc1.CCOC(N)=O. The zero-order chi connectivity index (χ0) is 14.0. The number of anilines is 1. The van der Waals surface area contributed by atoms with E-state index in [0.717, 1.165) is 0 Å². The van der Waals surface area contributed by atoms with Gasteiger partial charge in [0.25, 0.3) is 0 Å². The number of amides is 2. The van der Waals surface area contributed by atoms with Crippen LogP contribution in [0.5, 0.6) is 0 Å². The maximum Gasteiger partial charge on any atom is 0.411 e. The van der Waals surface area contributed by atoms with E-state index in [2.05, 4.69) is 10.5 Å². The lowest BCUT2D eigenvalue weighted by Gasteiger charge is -2.16. The summed E-state index contributed by atoms with van der Waals surface area (Å²) in [7, 11) is 0. The number of carbonyl (C=O) groups excluding carboxylic acids is 1. The van der Waals surface area contributed by atoms with Crippen LogP contribution < -0.4 is 10.6 Å². The monoisotopic (exact) mass is 254 g/mol. The molecule has 0 saturated carbocycles. The van der Waals surface area contributed by atoms with Crippen LogP contribution in [-0.2, 0) is 4.74 Å². The van der Waals surface area contributed by atoms with E-state index in [0.29, 0.717) is 18.8 Å². The van der Waals surface area contributed by atoms with Gasteiger partial charge in [0.2, 0.25) is 0 Å². The van der Waals surface area contributed by atoms with E-state index in [1.54, 1.807) is 26.0 Å². The summed E-state index contributed by atoms with van der Waals surface area (Å²) in [5.74, 6) is 0. The fourth-order valence-electron chi connectivity index (χ4n) is 1.18. The first-order valence-corrected chi connectivity index (χ1v) is 5.50. The summed E-state index contributed by atoms with van der Waals surface area (Å²) in [5.41, 5.74) is 5.26. The molecule has 0 atom stereocenters. The number of nitrogens with two attached hydrogens (primary N) is 1. The molecule has 18 heavy (non-hydrogen) atoms. The van der Waals surface area contributed by atoms with Gasteiger partial charge in [-0.25, -0.2) is 9.59 Å². The Hall–Kier alpha value is -2.24. The third kappa shape index (κ3) is 6.37. The average molecular weight is 254 g/mol. The van der Waals surface area contributed by atoms with Crippen molar-refractivity contribution >= 4 is 17.9 Å². The third-order valence-electron chi connectivity index (χ3n) is 1.90. The second-order valence-electron chi connectivity index (χ2n) is 3.11. The van der Waals surface area contributed by atoms with Crippen molar-refractivity contribution in [2.45, 2.75) is 13.8 Å². The van der Waals surface area contributed by atoms with Crippen molar-refractivity contribution in [2.24, 2.45) is 5.73 Å². The number of para-hydroxylation sites is 1. The van der Waals surface area contributed by atoms with Gasteiger partial charge in [0.05, 0.1) is 6.61 Å². The molecule has 0 heterocycles. The topological polar surface area (TPSA) is 92.9 Å². The molecule has 0 spiro atoms. The van der Waals surface area contributed by atoms with Gasteiger partial charge in [0.1, 0.15) is 0 Å². The number of nitrogens with zero attached hydrogens (tertiary/aromatic N) is 1. The zero-order valence-electron chi connectivity index (χ0n) is 10.5. The molecule has 0 aromatic heterocycles. The van der Waals surface area contributed by atoms with Crippen LogP contribution in [0.3, 0.4) is 0 Å². The van der Waals surface area contributed by atoms with Gasteiger partial charge < -0.3 is 15.6 Å². The molecular weight excluding hydrogens is 236 g/mol. The molecule has 0 radical (unpaired) electrons. The lowest BCUT2D eigenvalue weighted by atomic mass is 10.3. The molecule has 0 bridgehead atoms. The molecule has 100 valence electrons. The quantitative estimate of drug-likeness (QED) is 0.865. The molecule has 6 nitrogen and oxygen atoms in total. The van der Waals surface area contributed by atoms with Crippen LogP contribution in [-0.4, -0.2) is 30.4 Å². The van der Waals surface area contributed by atoms with Crippen LogP contribution in [0.25, 0.3) is 0 Å². The molecule has 0 unspecified atom stereocenters. The van der Waals surface area contributed by atoms with E-state index >= 15 is 0 Å². The highest BCUT2D eigenvalue weighted by atomic mass is 16.5. The maximum atomic E-state index is 10.7. The van der Waals surface area contributed by atoms with Crippen LogP contribution >= 0.6 is 0 Å². The van der Waals surface area contributed by atoms with Crippen LogP contribution in [0, 0.1) is 0 Å². The fourth-order valence-corrected chi connectivity index (χ4v) is 1.18. The Bertz CT molecular complexity index is 368. The van der Waals surface area contributed by atoms with Gasteiger partial charge in [-0.1, -0.05) is 18.2 Å². The summed E-state index contributed by atoms with van der Waals surface area (Å²) in [5, 5.41) is 8.75. The van der Waals surface area contributed by atoms with Crippen molar-refractivity contribution in [3.63, 3.8) is 0 Å². The first-order chi connectivity index (χ1) is 8.52. The molecule has 6 heteroatoms. The number of carboxylic acid groups (broad SMARTS) is 1. The number of ether oxygens (including phenoxy) is 1. The van der Waals surface area contributed by atoms with Gasteiger partial charge in [-0.2, -0.15) is 0 Å². The summed E-state index contributed by atoms with van der Waals surface area (Å²) in [6.07, 6.45) is -1.62. The summed E-state index contributed by atoms with van der Waals surface area (Å²) >= 11 is 0. The minimum Gasteiger partial charge on any atom is -0.465 e. The molecule has 0 aliphatic rings. The Morgan fingerprint density at radius 1 is 1.28 bits per heavy atom. The highest BCUT2D eigenvalue weighted by molar-refractivity contribution is 5.85. The van der Waals surface area contributed by atoms with Crippen LogP contribution in [0.15, 0.2) is 30.3 Å². The molecule has 1 aromatic carbocycles. The molecule has 2 amide bonds. The number of rotatable bonds is 3. The minimum atomic E-state index is -0.913. The normalized spacial score (nSPS) is 8.78. The number of hydrogen-bond acceptors (Lipinski definition) is 3. The van der Waals surface area contributed by atoms with Crippen molar-refractivity contribution in [1.82, 2.24) is 0 Å². The van der Waals surface area contributed by atoms with Crippen molar-refractivity contribution in [3.05, 3.63) is 30.3 Å². The van der Waals surface area contributed by atoms with Gasteiger partial charge >= 0.3 is 12.2 Å². The van der Waals surface area contributed by atoms with Crippen LogP contribution in [0.1, 0.15) is 13.8 Å². The molecule has 3 N–H and O–H groups in total. The van der Waals surface area contributed by atoms with Crippen molar-refractivity contribution in [3.8, 4) is 0 Å². The summed E-state index contributed by atoms with van der Waals surface area (Å²) in [6.45, 7) is 4.33. The first-order valence-electron chi connectivity index (χ1n) is 5.50. The Labute approximate surface area is 106 Å². The molecular formula is C12H18N2O4. The van der Waals surface area contributed by atoms with E-state index in [1.165, 1.54) is 4.90 Å². The second kappa shape index (κ2) is 8.86. The van der Waals surface area contributed by atoms with Gasteiger partial charge in [-0.05, 0) is 26.0 Å². The fraction of sp³-hybridized carbons (Fsp3) is 0.333. The standard InChI is InChI=1S/C9H11NO2.C3H7NO2/c1-2-10(9(11)12)8-6-4-3-5-7-8;1-2-6-3(4)5/h3-7H,2H2,1H3,(H,11,12);2H2,1H3,(H2,4,5). The van der Waals surface area contributed by atoms with Crippen LogP contribution in [0.2, 0.25) is 0 Å². The first kappa shape index (κ1) is 15.8. The zero-order valence-corrected chi connectivity index (χ0v) is 10.5. The molecule has 1 aromatic rings. The number of hydrogen-bond donors (Lipinski definition) is 2. The molecule has 0 saturated heterocycles. The average Bonchev–Trinajstić information content (AvgIpc) is 2.31. The highest BCUT2D eigenvalue weighted by Gasteiger charge is 2.09. The predicted molar refractivity (Wildman–Crippen MR) is 68.7 cm³/mol. The lowest BCUT2D eigenvalue weighted by Crippen LogP contribution is -2.28. The molecule has 1 rings (SSSR count). The third-order valence-corrected chi connectivity index (χ3v) is 1.90. The number of carbonyl (C=O) groups is 2. The Morgan fingerprint density at radius 2 is 1.83 bits per heavy atom. The second-order valence-corrected chi connectivity index (χ2v) is 3.11. The summed E-state index contributed by atoms with van der Waals surface area (Å²) < 4.78 is 4.18. The smallest absolute Gasteiger partial charge is 0.411 e. The van der Waals surface area contributed by atoms with Crippen LogP contribution in [0.4, 0.5) is 15.3 Å².